The molecule has 19 heavy (non-hydrogen) atoms. The van der Waals surface area contributed by atoms with Crippen LogP contribution >= 0.6 is 11.3 Å². The highest BCUT2D eigenvalue weighted by Gasteiger charge is 2.18. The number of ether oxygens (including phenoxy) is 1. The smallest absolute Gasteiger partial charge is 0.341 e. The lowest BCUT2D eigenvalue weighted by Gasteiger charge is -2.11. The lowest BCUT2D eigenvalue weighted by molar-refractivity contribution is 0.0523. The molecule has 2 heterocycles. The van der Waals surface area contributed by atoms with E-state index in [1.165, 1.54) is 0 Å². The van der Waals surface area contributed by atoms with E-state index in [-0.39, 0.29) is 11.9 Å². The van der Waals surface area contributed by atoms with Crippen LogP contribution in [0, 0.1) is 0 Å². The summed E-state index contributed by atoms with van der Waals surface area (Å²) in [4.78, 5) is 21.6. The minimum atomic E-state index is -0.357. The van der Waals surface area contributed by atoms with E-state index in [9.17, 15) is 4.79 Å². The maximum absolute atomic E-state index is 11.9. The molecule has 0 aliphatic carbocycles. The molecule has 2 aromatic rings. The van der Waals surface area contributed by atoms with Gasteiger partial charge in [0, 0.05) is 6.20 Å². The molecule has 0 spiro atoms. The predicted octanol–water partition coefficient (Wildman–Crippen LogP) is 3.51. The zero-order valence-corrected chi connectivity index (χ0v) is 12.0. The summed E-state index contributed by atoms with van der Waals surface area (Å²) in [6, 6.07) is 3.92. The number of hydrogen-bond acceptors (Lipinski definition) is 5. The van der Waals surface area contributed by atoms with Crippen LogP contribution in [0.5, 0.6) is 0 Å². The Labute approximate surface area is 116 Å². The van der Waals surface area contributed by atoms with Gasteiger partial charge in [-0.25, -0.2) is 14.8 Å². The number of nitrogens with zero attached hydrogens (tertiary/aromatic N) is 2. The second kappa shape index (κ2) is 5.93. The molecule has 4 nitrogen and oxygen atoms in total. The first-order chi connectivity index (χ1) is 9.13. The standard InChI is InChI=1S/C14H16N2O2S/c1-4-18-14(17)10-8-15-13(11-6-5-7-19-11)16-12(10)9(2)3/h5-9H,4H2,1-3H3. The summed E-state index contributed by atoms with van der Waals surface area (Å²) in [6.07, 6.45) is 1.56. The third-order valence-corrected chi connectivity index (χ3v) is 3.47. The van der Waals surface area contributed by atoms with Gasteiger partial charge in [0.1, 0.15) is 0 Å². The molecule has 0 aliphatic heterocycles. The van der Waals surface area contributed by atoms with Crippen molar-refractivity contribution < 1.29 is 9.53 Å². The number of hydrogen-bond donors (Lipinski definition) is 0. The van der Waals surface area contributed by atoms with Crippen LogP contribution in [0.3, 0.4) is 0 Å². The average Bonchev–Trinajstić information content (AvgIpc) is 2.92. The zero-order valence-electron chi connectivity index (χ0n) is 11.2. The Morgan fingerprint density at radius 2 is 2.26 bits per heavy atom. The van der Waals surface area contributed by atoms with Gasteiger partial charge in [0.05, 0.1) is 22.7 Å². The molecule has 2 aromatic heterocycles. The fourth-order valence-corrected chi connectivity index (χ4v) is 2.39. The molecule has 0 aliphatic rings. The zero-order chi connectivity index (χ0) is 13.8. The Morgan fingerprint density at radius 1 is 1.47 bits per heavy atom. The minimum Gasteiger partial charge on any atom is -0.462 e. The molecule has 0 saturated carbocycles. The number of aromatic nitrogens is 2. The quantitative estimate of drug-likeness (QED) is 0.802. The molecule has 0 atom stereocenters. The van der Waals surface area contributed by atoms with Gasteiger partial charge >= 0.3 is 5.97 Å². The number of esters is 1. The maximum Gasteiger partial charge on any atom is 0.341 e. The largest absolute Gasteiger partial charge is 0.462 e. The highest BCUT2D eigenvalue weighted by Crippen LogP contribution is 2.24. The van der Waals surface area contributed by atoms with Crippen LogP contribution in [0.25, 0.3) is 10.7 Å². The van der Waals surface area contributed by atoms with Crippen LogP contribution in [0.4, 0.5) is 0 Å². The highest BCUT2D eigenvalue weighted by molar-refractivity contribution is 7.13. The summed E-state index contributed by atoms with van der Waals surface area (Å²) >= 11 is 1.58. The molecule has 100 valence electrons. The SMILES string of the molecule is CCOC(=O)c1cnc(-c2cccs2)nc1C(C)C. The summed E-state index contributed by atoms with van der Waals surface area (Å²) in [6.45, 7) is 6.14. The number of carbonyl (C=O) groups excluding carboxylic acids is 1. The van der Waals surface area contributed by atoms with Crippen LogP contribution in [-0.2, 0) is 4.74 Å². The molecular weight excluding hydrogens is 260 g/mol. The molecule has 0 aromatic carbocycles. The highest BCUT2D eigenvalue weighted by atomic mass is 32.1. The number of rotatable bonds is 4. The predicted molar refractivity (Wildman–Crippen MR) is 75.4 cm³/mol. The Balaban J connectivity index is 2.44. The molecule has 0 saturated heterocycles. The van der Waals surface area contributed by atoms with Crippen molar-refractivity contribution in [2.24, 2.45) is 0 Å². The molecule has 0 fully saturated rings. The number of carbonyl (C=O) groups is 1. The van der Waals surface area contributed by atoms with Gasteiger partial charge in [-0.15, -0.1) is 11.3 Å². The normalized spacial score (nSPS) is 10.7. The summed E-state index contributed by atoms with van der Waals surface area (Å²) in [5, 5.41) is 1.98. The Hall–Kier alpha value is -1.75. The van der Waals surface area contributed by atoms with E-state index in [1.807, 2.05) is 31.4 Å². The lowest BCUT2D eigenvalue weighted by Crippen LogP contribution is -2.12. The van der Waals surface area contributed by atoms with E-state index >= 15 is 0 Å². The second-order valence-electron chi connectivity index (χ2n) is 4.34. The topological polar surface area (TPSA) is 52.1 Å². The monoisotopic (exact) mass is 276 g/mol. The minimum absolute atomic E-state index is 0.140. The molecule has 0 radical (unpaired) electrons. The van der Waals surface area contributed by atoms with Gasteiger partial charge in [-0.3, -0.25) is 0 Å². The van der Waals surface area contributed by atoms with Crippen LogP contribution in [0.1, 0.15) is 42.7 Å². The van der Waals surface area contributed by atoms with Gasteiger partial charge in [-0.2, -0.15) is 0 Å². The third kappa shape index (κ3) is 2.98. The summed E-state index contributed by atoms with van der Waals surface area (Å²) < 4.78 is 5.03. The summed E-state index contributed by atoms with van der Waals surface area (Å²) in [5.74, 6) is 0.441. The van der Waals surface area contributed by atoms with E-state index in [0.29, 0.717) is 18.0 Å². The van der Waals surface area contributed by atoms with Crippen molar-refractivity contribution in [1.82, 2.24) is 9.97 Å². The van der Waals surface area contributed by atoms with Crippen molar-refractivity contribution >= 4 is 17.3 Å². The van der Waals surface area contributed by atoms with E-state index in [1.54, 1.807) is 24.5 Å². The van der Waals surface area contributed by atoms with Gasteiger partial charge in [-0.1, -0.05) is 19.9 Å². The Kier molecular flexibility index (Phi) is 4.27. The molecule has 0 N–H and O–H groups in total. The molecule has 2 rings (SSSR count). The Morgan fingerprint density at radius 3 is 2.84 bits per heavy atom. The summed E-state index contributed by atoms with van der Waals surface area (Å²) in [7, 11) is 0. The maximum atomic E-state index is 11.9. The first-order valence-corrected chi connectivity index (χ1v) is 7.09. The van der Waals surface area contributed by atoms with Crippen LogP contribution in [-0.4, -0.2) is 22.5 Å². The van der Waals surface area contributed by atoms with Crippen LogP contribution < -0.4 is 0 Å². The fraction of sp³-hybridized carbons (Fsp3) is 0.357. The van der Waals surface area contributed by atoms with Crippen LogP contribution in [0.15, 0.2) is 23.7 Å². The fourth-order valence-electron chi connectivity index (χ4n) is 1.73. The van der Waals surface area contributed by atoms with E-state index in [2.05, 4.69) is 9.97 Å². The second-order valence-corrected chi connectivity index (χ2v) is 5.29. The van der Waals surface area contributed by atoms with Gasteiger partial charge in [-0.05, 0) is 24.3 Å². The van der Waals surface area contributed by atoms with Gasteiger partial charge in [0.2, 0.25) is 0 Å². The average molecular weight is 276 g/mol. The molecule has 0 bridgehead atoms. The van der Waals surface area contributed by atoms with Crippen molar-refractivity contribution in [2.75, 3.05) is 6.61 Å². The van der Waals surface area contributed by atoms with E-state index < -0.39 is 0 Å². The molecule has 5 heteroatoms. The first-order valence-electron chi connectivity index (χ1n) is 6.21. The van der Waals surface area contributed by atoms with E-state index in [4.69, 9.17) is 4.74 Å². The summed E-state index contributed by atoms with van der Waals surface area (Å²) in [5.41, 5.74) is 1.19. The van der Waals surface area contributed by atoms with Crippen molar-refractivity contribution in [3.05, 3.63) is 35.0 Å². The lowest BCUT2D eigenvalue weighted by atomic mass is 10.1. The van der Waals surface area contributed by atoms with Crippen molar-refractivity contribution in [3.63, 3.8) is 0 Å². The van der Waals surface area contributed by atoms with Crippen molar-refractivity contribution in [1.29, 1.82) is 0 Å². The van der Waals surface area contributed by atoms with Gasteiger partial charge < -0.3 is 4.74 Å². The van der Waals surface area contributed by atoms with Crippen LogP contribution in [0.2, 0.25) is 0 Å². The van der Waals surface area contributed by atoms with E-state index in [0.717, 1.165) is 10.6 Å². The molecule has 0 unspecified atom stereocenters. The molecular formula is C14H16N2O2S. The van der Waals surface area contributed by atoms with Crippen molar-refractivity contribution in [2.45, 2.75) is 26.7 Å². The van der Waals surface area contributed by atoms with Crippen molar-refractivity contribution in [3.8, 4) is 10.7 Å². The molecule has 0 amide bonds. The van der Waals surface area contributed by atoms with Gasteiger partial charge in [0.25, 0.3) is 0 Å². The number of thiophene rings is 1. The third-order valence-electron chi connectivity index (χ3n) is 2.60. The Bertz CT molecular complexity index is 565. The first kappa shape index (κ1) is 13.7. The van der Waals surface area contributed by atoms with Gasteiger partial charge in [0.15, 0.2) is 5.82 Å².